The van der Waals surface area contributed by atoms with Gasteiger partial charge in [0, 0.05) is 18.8 Å². The predicted molar refractivity (Wildman–Crippen MR) is 91.3 cm³/mol. The van der Waals surface area contributed by atoms with Crippen LogP contribution in [-0.2, 0) is 9.53 Å². The topological polar surface area (TPSA) is 85.4 Å². The molecule has 0 aliphatic rings. The molecule has 1 aromatic heterocycles. The number of carbonyl (C=O) groups excluding carboxylic acids is 3. The van der Waals surface area contributed by atoms with Crippen LogP contribution in [0.15, 0.2) is 41.6 Å². The van der Waals surface area contributed by atoms with Crippen LogP contribution >= 0.6 is 11.8 Å². The molecule has 0 saturated carbocycles. The van der Waals surface area contributed by atoms with Crippen LogP contribution in [0.4, 0.5) is 10.1 Å². The van der Waals surface area contributed by atoms with Gasteiger partial charge >= 0.3 is 5.97 Å². The Labute approximate surface area is 147 Å². The van der Waals surface area contributed by atoms with E-state index >= 15 is 0 Å². The fraction of sp³-hybridized carbons (Fsp3) is 0.176. The molecular weight excluding hydrogens is 347 g/mol. The Kier molecular flexibility index (Phi) is 6.24. The van der Waals surface area contributed by atoms with Gasteiger partial charge in [0.2, 0.25) is 11.7 Å². The van der Waals surface area contributed by atoms with Crippen molar-refractivity contribution in [2.24, 2.45) is 0 Å². The first-order valence-corrected chi connectivity index (χ1v) is 8.41. The lowest BCUT2D eigenvalue weighted by Crippen LogP contribution is -2.16. The number of Topliss-reactive ketones (excluding diaryl/α,β-unsaturated/α-hetero) is 1. The Morgan fingerprint density at radius 1 is 1.24 bits per heavy atom. The summed E-state index contributed by atoms with van der Waals surface area (Å²) in [6.07, 6.45) is 3.30. The lowest BCUT2D eigenvalue weighted by atomic mass is 10.1. The molecule has 0 aliphatic carbocycles. The molecule has 25 heavy (non-hydrogen) atoms. The number of pyridine rings is 1. The van der Waals surface area contributed by atoms with Gasteiger partial charge in [0.15, 0.2) is 6.61 Å². The van der Waals surface area contributed by atoms with Crippen LogP contribution in [0.1, 0.15) is 27.6 Å². The van der Waals surface area contributed by atoms with Gasteiger partial charge < -0.3 is 10.1 Å². The molecule has 1 N–H and O–H groups in total. The van der Waals surface area contributed by atoms with E-state index in [-0.39, 0.29) is 22.7 Å². The van der Waals surface area contributed by atoms with E-state index in [1.165, 1.54) is 36.9 Å². The molecule has 2 aromatic rings. The smallest absolute Gasteiger partial charge is 0.341 e. The second kappa shape index (κ2) is 8.39. The molecule has 1 amide bonds. The van der Waals surface area contributed by atoms with Gasteiger partial charge in [-0.05, 0) is 36.6 Å². The number of ketones is 1. The monoisotopic (exact) mass is 362 g/mol. The van der Waals surface area contributed by atoms with Crippen molar-refractivity contribution >= 4 is 35.1 Å². The number of halogens is 1. The van der Waals surface area contributed by atoms with E-state index in [1.807, 2.05) is 0 Å². The number of hydrogen-bond acceptors (Lipinski definition) is 6. The molecule has 0 bridgehead atoms. The van der Waals surface area contributed by atoms with Crippen molar-refractivity contribution in [2.45, 2.75) is 11.9 Å². The first kappa shape index (κ1) is 18.6. The molecule has 1 heterocycles. The number of nitrogens with zero attached hydrogens (tertiary/aromatic N) is 1. The highest BCUT2D eigenvalue weighted by Gasteiger charge is 2.18. The molecule has 0 unspecified atom stereocenters. The molecule has 0 atom stereocenters. The number of aromatic nitrogens is 1. The van der Waals surface area contributed by atoms with Gasteiger partial charge in [-0.1, -0.05) is 0 Å². The minimum absolute atomic E-state index is 0.224. The second-order valence-electron chi connectivity index (χ2n) is 4.94. The molecule has 130 valence electrons. The van der Waals surface area contributed by atoms with E-state index in [0.29, 0.717) is 5.03 Å². The number of thioether (sulfide) groups is 1. The number of benzene rings is 1. The van der Waals surface area contributed by atoms with Crippen molar-refractivity contribution in [2.75, 3.05) is 18.2 Å². The van der Waals surface area contributed by atoms with Gasteiger partial charge in [-0.3, -0.25) is 9.59 Å². The summed E-state index contributed by atoms with van der Waals surface area (Å²) in [4.78, 5) is 39.1. The molecule has 1 aromatic carbocycles. The number of rotatable bonds is 6. The van der Waals surface area contributed by atoms with E-state index < -0.39 is 24.2 Å². The fourth-order valence-corrected chi connectivity index (χ4v) is 2.56. The molecule has 8 heteroatoms. The van der Waals surface area contributed by atoms with Crippen LogP contribution in [0.5, 0.6) is 0 Å². The van der Waals surface area contributed by atoms with Crippen LogP contribution in [0, 0.1) is 5.82 Å². The molecular formula is C17H15FN2O4S. The zero-order valence-corrected chi connectivity index (χ0v) is 14.4. The zero-order valence-electron chi connectivity index (χ0n) is 13.5. The van der Waals surface area contributed by atoms with E-state index in [1.54, 1.807) is 18.5 Å². The van der Waals surface area contributed by atoms with Crippen LogP contribution < -0.4 is 5.32 Å². The summed E-state index contributed by atoms with van der Waals surface area (Å²) in [6, 6.07) is 6.77. The maximum Gasteiger partial charge on any atom is 0.341 e. The number of carbonyl (C=O) groups is 3. The molecule has 0 radical (unpaired) electrons. The Bertz CT molecular complexity index is 826. The standard InChI is InChI=1S/C17H15FN2O4S/c1-10(21)20-11-5-6-12(14(18)8-11)15(22)9-24-17(23)13-4-3-7-19-16(13)25-2/h3-8H,9H2,1-2H3,(H,20,21). The quantitative estimate of drug-likeness (QED) is 0.483. The summed E-state index contributed by atoms with van der Waals surface area (Å²) in [5, 5.41) is 2.89. The van der Waals surface area contributed by atoms with E-state index in [0.717, 1.165) is 6.07 Å². The van der Waals surface area contributed by atoms with Crippen molar-refractivity contribution in [3.05, 3.63) is 53.5 Å². The molecule has 0 fully saturated rings. The normalized spacial score (nSPS) is 10.2. The molecule has 0 saturated heterocycles. The predicted octanol–water partition coefficient (Wildman–Crippen LogP) is 2.94. The molecule has 0 spiro atoms. The first-order chi connectivity index (χ1) is 11.9. The van der Waals surface area contributed by atoms with Crippen LogP contribution in [0.3, 0.4) is 0 Å². The summed E-state index contributed by atoms with van der Waals surface area (Å²) in [5.74, 6) is -2.55. The first-order valence-electron chi connectivity index (χ1n) is 7.19. The van der Waals surface area contributed by atoms with Crippen molar-refractivity contribution in [1.29, 1.82) is 0 Å². The molecule has 2 rings (SSSR count). The minimum Gasteiger partial charge on any atom is -0.454 e. The van der Waals surface area contributed by atoms with Crippen molar-refractivity contribution in [1.82, 2.24) is 4.98 Å². The summed E-state index contributed by atoms with van der Waals surface area (Å²) in [5.41, 5.74) is 0.251. The number of amides is 1. The highest BCUT2D eigenvalue weighted by molar-refractivity contribution is 7.98. The Morgan fingerprint density at radius 2 is 2.00 bits per heavy atom. The Hall–Kier alpha value is -2.74. The average molecular weight is 362 g/mol. The van der Waals surface area contributed by atoms with Gasteiger partial charge in [-0.2, -0.15) is 0 Å². The summed E-state index contributed by atoms with van der Waals surface area (Å²) >= 11 is 1.27. The number of nitrogens with one attached hydrogen (secondary N) is 1. The largest absolute Gasteiger partial charge is 0.454 e. The third-order valence-electron chi connectivity index (χ3n) is 3.11. The fourth-order valence-electron chi connectivity index (χ4n) is 2.02. The lowest BCUT2D eigenvalue weighted by molar-refractivity contribution is -0.114. The van der Waals surface area contributed by atoms with E-state index in [4.69, 9.17) is 4.74 Å². The van der Waals surface area contributed by atoms with Crippen LogP contribution in [0.25, 0.3) is 0 Å². The number of anilines is 1. The van der Waals surface area contributed by atoms with Gasteiger partial charge in [0.05, 0.1) is 11.1 Å². The lowest BCUT2D eigenvalue weighted by Gasteiger charge is -2.08. The second-order valence-corrected chi connectivity index (χ2v) is 5.73. The van der Waals surface area contributed by atoms with Gasteiger partial charge in [-0.15, -0.1) is 11.8 Å². The van der Waals surface area contributed by atoms with Gasteiger partial charge in [0.1, 0.15) is 10.8 Å². The third kappa shape index (κ3) is 4.87. The maximum atomic E-state index is 14.0. The Balaban J connectivity index is 2.05. The highest BCUT2D eigenvalue weighted by Crippen LogP contribution is 2.18. The van der Waals surface area contributed by atoms with E-state index in [9.17, 15) is 18.8 Å². The maximum absolute atomic E-state index is 14.0. The summed E-state index contributed by atoms with van der Waals surface area (Å²) in [6.45, 7) is 0.690. The number of ether oxygens (including phenoxy) is 1. The number of esters is 1. The minimum atomic E-state index is -0.807. The third-order valence-corrected chi connectivity index (χ3v) is 3.82. The molecule has 0 aliphatic heterocycles. The summed E-state index contributed by atoms with van der Waals surface area (Å²) < 4.78 is 18.9. The Morgan fingerprint density at radius 3 is 2.64 bits per heavy atom. The SMILES string of the molecule is CSc1ncccc1C(=O)OCC(=O)c1ccc(NC(C)=O)cc1F. The van der Waals surface area contributed by atoms with Crippen molar-refractivity contribution in [3.8, 4) is 0 Å². The van der Waals surface area contributed by atoms with E-state index in [2.05, 4.69) is 10.3 Å². The molecule has 6 nitrogen and oxygen atoms in total. The van der Waals surface area contributed by atoms with Gasteiger partial charge in [-0.25, -0.2) is 14.2 Å². The van der Waals surface area contributed by atoms with Crippen LogP contribution in [-0.4, -0.2) is 35.5 Å². The summed E-state index contributed by atoms with van der Waals surface area (Å²) in [7, 11) is 0. The van der Waals surface area contributed by atoms with Gasteiger partial charge in [0.25, 0.3) is 0 Å². The number of hydrogen-bond donors (Lipinski definition) is 1. The van der Waals surface area contributed by atoms with Crippen molar-refractivity contribution < 1.29 is 23.5 Å². The van der Waals surface area contributed by atoms with Crippen LogP contribution in [0.2, 0.25) is 0 Å². The highest BCUT2D eigenvalue weighted by atomic mass is 32.2. The average Bonchev–Trinajstić information content (AvgIpc) is 2.58. The zero-order chi connectivity index (χ0) is 18.4. The van der Waals surface area contributed by atoms with Crippen molar-refractivity contribution in [3.63, 3.8) is 0 Å².